The molecule has 0 bridgehead atoms. The summed E-state index contributed by atoms with van der Waals surface area (Å²) < 4.78 is 7.30. The van der Waals surface area contributed by atoms with Gasteiger partial charge in [0.25, 0.3) is 5.70 Å². The fourth-order valence-corrected chi connectivity index (χ4v) is 12.0. The Morgan fingerprint density at radius 1 is 0.661 bits per heavy atom. The molecule has 0 fully saturated rings. The number of thiophene rings is 6. The molecule has 0 amide bonds. The molecule has 0 aliphatic carbocycles. The molecule has 6 aromatic heterocycles. The van der Waals surface area contributed by atoms with Crippen molar-refractivity contribution in [2.24, 2.45) is 0 Å². The van der Waals surface area contributed by atoms with E-state index in [-0.39, 0.29) is 5.70 Å². The number of carboxylic acid groups (broad SMARTS) is 1. The summed E-state index contributed by atoms with van der Waals surface area (Å²) in [6, 6.07) is 25.5. The number of hydrogen-bond acceptors (Lipinski definition) is 11. The van der Waals surface area contributed by atoms with Gasteiger partial charge in [0.2, 0.25) is 13.1 Å². The first-order valence-corrected chi connectivity index (χ1v) is 22.9. The Labute approximate surface area is 364 Å². The minimum absolute atomic E-state index is 0.280. The fraction of sp³-hybridized carbons (Fsp3) is 0.159. The number of rotatable bonds is 10. The van der Waals surface area contributed by atoms with Crippen molar-refractivity contribution in [3.63, 3.8) is 0 Å². The Morgan fingerprint density at radius 2 is 1.14 bits per heavy atom. The van der Waals surface area contributed by atoms with Crippen molar-refractivity contribution in [1.82, 2.24) is 0 Å². The quantitative estimate of drug-likeness (QED) is 0.0808. The molecular formula is C44H34N6O3S6. The van der Waals surface area contributed by atoms with E-state index in [2.05, 4.69) is 95.7 Å². The number of likely N-dealkylation sites (N-methyl/N-ethyl adjacent to an activating group) is 2. The number of nitrogens with one attached hydrogen (secondary N) is 1. The van der Waals surface area contributed by atoms with Crippen molar-refractivity contribution < 1.29 is 14.7 Å². The third kappa shape index (κ3) is 9.40. The van der Waals surface area contributed by atoms with E-state index in [1.807, 2.05) is 44.6 Å². The van der Waals surface area contributed by atoms with Gasteiger partial charge in [-0.1, -0.05) is 0 Å². The average molecular weight is 887 g/mol. The van der Waals surface area contributed by atoms with Gasteiger partial charge in [0.15, 0.2) is 6.29 Å². The van der Waals surface area contributed by atoms with Crippen LogP contribution in [0.1, 0.15) is 14.5 Å². The van der Waals surface area contributed by atoms with E-state index in [0.717, 1.165) is 57.8 Å². The summed E-state index contributed by atoms with van der Waals surface area (Å²) in [7, 11) is 5.97. The molecule has 0 aliphatic heterocycles. The molecule has 294 valence electrons. The molecule has 9 rings (SSSR count). The van der Waals surface area contributed by atoms with Crippen molar-refractivity contribution in [3.8, 4) is 0 Å². The van der Waals surface area contributed by atoms with Crippen LogP contribution in [0.15, 0.2) is 83.9 Å². The molecule has 15 heteroatoms. The second-order valence-electron chi connectivity index (χ2n) is 13.2. The largest absolute Gasteiger partial charge is 0.486 e. The van der Waals surface area contributed by atoms with Gasteiger partial charge in [0, 0.05) is 54.2 Å². The van der Waals surface area contributed by atoms with E-state index in [1.54, 1.807) is 34.0 Å². The minimum Gasteiger partial charge on any atom is -0.486 e. The Balaban J connectivity index is 0.000000139. The zero-order valence-electron chi connectivity index (χ0n) is 31.9. The first kappa shape index (κ1) is 41.3. The van der Waals surface area contributed by atoms with E-state index in [4.69, 9.17) is 24.8 Å². The predicted molar refractivity (Wildman–Crippen MR) is 258 cm³/mol. The predicted octanol–water partition coefficient (Wildman–Crippen LogP) is 13.3. The number of benzene rings is 3. The number of aldehydes is 1. The molecule has 0 atom stereocenters. The zero-order chi connectivity index (χ0) is 41.6. The van der Waals surface area contributed by atoms with Crippen LogP contribution in [0.4, 0.5) is 15.0 Å². The van der Waals surface area contributed by atoms with Crippen LogP contribution in [0.3, 0.4) is 0 Å². The number of nitrogens with zero attached hydrogens (tertiary/aromatic N) is 5. The van der Waals surface area contributed by atoms with Crippen LogP contribution in [0.2, 0.25) is 0 Å². The molecular weight excluding hydrogens is 853 g/mol. The van der Waals surface area contributed by atoms with Gasteiger partial charge >= 0.3 is 5.97 Å². The molecule has 0 aliphatic rings. The second-order valence-corrected chi connectivity index (χ2v) is 19.6. The summed E-state index contributed by atoms with van der Waals surface area (Å²) in [4.78, 5) is 37.4. The number of carboxylic acids is 1. The lowest BCUT2D eigenvalue weighted by Gasteiger charge is -2.12. The maximum Gasteiger partial charge on any atom is 0.333 e. The number of carbonyl (C=O) groups is 2. The Morgan fingerprint density at radius 3 is 1.66 bits per heavy atom. The van der Waals surface area contributed by atoms with Gasteiger partial charge in [-0.05, 0) is 117 Å². The standard InChI is InChI=1S/C18H13N3O2S2.C15H12N2OS2.C11H9NS2/c1-19-4-5-21(3)17-9-12-8-15-11(7-16(12)25-17)6-13(24-15)10-14(20-2)18(22)23;1-16-3-4-17(2)15-8-11-7-13-10(6-14(11)20-15)5-12(9-18)19-13;1-12-11-6-8-5-9-7(2-3-13-9)4-10(8)14-11/h6-10H,4-5H2,3H3,(H,22,23);5-9H,3-4H2,2H3;2-6,12H,1H3/b14-10-;;. The van der Waals surface area contributed by atoms with Gasteiger partial charge in [0.05, 0.1) is 39.5 Å². The fourth-order valence-electron chi connectivity index (χ4n) is 6.18. The van der Waals surface area contributed by atoms with Crippen LogP contribution in [0.25, 0.3) is 81.1 Å². The zero-order valence-corrected chi connectivity index (χ0v) is 36.8. The number of anilines is 3. The first-order chi connectivity index (χ1) is 28.6. The van der Waals surface area contributed by atoms with Crippen molar-refractivity contribution in [3.05, 3.63) is 128 Å². The van der Waals surface area contributed by atoms with E-state index < -0.39 is 5.97 Å². The van der Waals surface area contributed by atoms with Gasteiger partial charge in [-0.2, -0.15) is 0 Å². The molecule has 3 aromatic carbocycles. The third-order valence-electron chi connectivity index (χ3n) is 9.24. The average Bonchev–Trinajstić information content (AvgIpc) is 4.10. The summed E-state index contributed by atoms with van der Waals surface area (Å²) in [5.41, 5.74) is -0.280. The van der Waals surface area contributed by atoms with Gasteiger partial charge < -0.3 is 29.9 Å². The number of carbonyl (C=O) groups excluding carboxylic acids is 1. The summed E-state index contributed by atoms with van der Waals surface area (Å²) >= 11 is 10.0. The van der Waals surface area contributed by atoms with Gasteiger partial charge in [-0.15, -0.1) is 68.0 Å². The third-order valence-corrected chi connectivity index (χ3v) is 15.7. The SMILES string of the molecule is CNc1cc2cc3sccc3cc2s1.[C-]#[N+]CCN(C)c1cc2cc3sc(/C=C(\[N+]#[C-])C(=O)O)cc3cc2s1.[C-]#[N+]CCN(C)c1cc2cc3sc(C=O)cc3cc2s1. The summed E-state index contributed by atoms with van der Waals surface area (Å²) in [5.74, 6) is -1.21. The Bertz CT molecular complexity index is 3010. The highest BCUT2D eigenvalue weighted by atomic mass is 32.1. The maximum absolute atomic E-state index is 11.0. The summed E-state index contributed by atoms with van der Waals surface area (Å²) in [6.45, 7) is 23.1. The molecule has 9 aromatic rings. The van der Waals surface area contributed by atoms with Crippen LogP contribution in [0, 0.1) is 19.7 Å². The highest BCUT2D eigenvalue weighted by Gasteiger charge is 2.13. The lowest BCUT2D eigenvalue weighted by Crippen LogP contribution is -2.18. The van der Waals surface area contributed by atoms with Crippen LogP contribution in [0.5, 0.6) is 0 Å². The normalized spacial score (nSPS) is 11.2. The van der Waals surface area contributed by atoms with Crippen molar-refractivity contribution in [2.45, 2.75) is 0 Å². The smallest absolute Gasteiger partial charge is 0.333 e. The molecule has 2 N–H and O–H groups in total. The van der Waals surface area contributed by atoms with Gasteiger partial charge in [-0.25, -0.2) is 18.0 Å². The highest BCUT2D eigenvalue weighted by Crippen LogP contribution is 2.39. The number of fused-ring (bicyclic) bond motifs is 6. The molecule has 6 heterocycles. The molecule has 0 saturated carbocycles. The first-order valence-electron chi connectivity index (χ1n) is 18.0. The Kier molecular flexibility index (Phi) is 12.9. The molecule has 0 saturated heterocycles. The molecule has 59 heavy (non-hydrogen) atoms. The van der Waals surface area contributed by atoms with E-state index >= 15 is 0 Å². The van der Waals surface area contributed by atoms with E-state index in [0.29, 0.717) is 19.6 Å². The molecule has 9 nitrogen and oxygen atoms in total. The number of hydrogen-bond donors (Lipinski definition) is 2. The van der Waals surface area contributed by atoms with Crippen molar-refractivity contribution in [2.75, 3.05) is 62.4 Å². The van der Waals surface area contributed by atoms with Gasteiger partial charge in [-0.3, -0.25) is 9.59 Å². The van der Waals surface area contributed by atoms with Crippen LogP contribution in [-0.4, -0.2) is 64.7 Å². The van der Waals surface area contributed by atoms with Crippen molar-refractivity contribution in [1.29, 1.82) is 0 Å². The van der Waals surface area contributed by atoms with Crippen LogP contribution >= 0.6 is 68.0 Å². The lowest BCUT2D eigenvalue weighted by molar-refractivity contribution is -0.132. The summed E-state index contributed by atoms with van der Waals surface area (Å²) in [5, 5.41) is 25.0. The van der Waals surface area contributed by atoms with Gasteiger partial charge in [0.1, 0.15) is 0 Å². The number of aliphatic carboxylic acids is 1. The maximum atomic E-state index is 11.0. The monoisotopic (exact) mass is 886 g/mol. The van der Waals surface area contributed by atoms with E-state index in [1.165, 1.54) is 69.0 Å². The van der Waals surface area contributed by atoms with E-state index in [9.17, 15) is 9.59 Å². The molecule has 0 radical (unpaired) electrons. The Hall–Kier alpha value is -5.83. The van der Waals surface area contributed by atoms with Crippen LogP contribution < -0.4 is 15.1 Å². The minimum atomic E-state index is -1.21. The molecule has 0 unspecified atom stereocenters. The van der Waals surface area contributed by atoms with Crippen LogP contribution in [-0.2, 0) is 4.79 Å². The topological polar surface area (TPSA) is 86.0 Å². The van der Waals surface area contributed by atoms with Crippen molar-refractivity contribution >= 4 is 162 Å². The highest BCUT2D eigenvalue weighted by molar-refractivity contribution is 7.24. The lowest BCUT2D eigenvalue weighted by atomic mass is 10.2. The summed E-state index contributed by atoms with van der Waals surface area (Å²) in [6.07, 6.45) is 2.32. The second kappa shape index (κ2) is 18.4. The molecule has 0 spiro atoms.